The fourth-order valence-corrected chi connectivity index (χ4v) is 2.91. The maximum absolute atomic E-state index is 11.6. The van der Waals surface area contributed by atoms with Gasteiger partial charge in [-0.15, -0.1) is 23.1 Å². The molecule has 1 amide bonds. The molecule has 1 unspecified atom stereocenters. The van der Waals surface area contributed by atoms with Gasteiger partial charge in [0.2, 0.25) is 5.91 Å². The molecule has 6 heteroatoms. The van der Waals surface area contributed by atoms with Crippen molar-refractivity contribution in [3.05, 3.63) is 16.1 Å². The molecule has 1 aliphatic heterocycles. The molecule has 0 aliphatic carbocycles. The highest BCUT2D eigenvalue weighted by atomic mass is 32.2. The Morgan fingerprint density at radius 2 is 2.67 bits per heavy atom. The second-order valence-corrected chi connectivity index (χ2v) is 5.44. The normalized spacial score (nSPS) is 20.5. The molecule has 2 heterocycles. The van der Waals surface area contributed by atoms with Crippen molar-refractivity contribution in [1.82, 2.24) is 15.6 Å². The van der Waals surface area contributed by atoms with Crippen LogP contribution in [0.5, 0.6) is 0 Å². The molecular formula is C9H13N3OS2. The Kier molecular flexibility index (Phi) is 3.61. The summed E-state index contributed by atoms with van der Waals surface area (Å²) in [5, 5.41) is 9.03. The number of aromatic nitrogens is 1. The number of rotatable bonds is 3. The van der Waals surface area contributed by atoms with E-state index in [0.29, 0.717) is 6.54 Å². The first-order chi connectivity index (χ1) is 7.25. The zero-order valence-corrected chi connectivity index (χ0v) is 10.1. The Bertz CT molecular complexity index is 347. The van der Waals surface area contributed by atoms with E-state index in [2.05, 4.69) is 15.6 Å². The SMILES string of the molecule is Cc1nc(CNC(=O)C2CSCN2)cs1. The molecule has 4 nitrogen and oxygen atoms in total. The van der Waals surface area contributed by atoms with Gasteiger partial charge < -0.3 is 5.32 Å². The maximum Gasteiger partial charge on any atom is 0.238 e. The summed E-state index contributed by atoms with van der Waals surface area (Å²) in [6, 6.07) is -0.0327. The summed E-state index contributed by atoms with van der Waals surface area (Å²) < 4.78 is 0. The molecule has 1 saturated heterocycles. The number of aryl methyl sites for hydroxylation is 1. The predicted molar refractivity (Wildman–Crippen MR) is 62.9 cm³/mol. The molecule has 0 saturated carbocycles. The zero-order valence-electron chi connectivity index (χ0n) is 8.45. The van der Waals surface area contributed by atoms with Gasteiger partial charge in [-0.1, -0.05) is 0 Å². The number of hydrogen-bond acceptors (Lipinski definition) is 5. The number of hydrogen-bond donors (Lipinski definition) is 2. The monoisotopic (exact) mass is 243 g/mol. The van der Waals surface area contributed by atoms with Crippen LogP contribution in [0.25, 0.3) is 0 Å². The van der Waals surface area contributed by atoms with E-state index in [4.69, 9.17) is 0 Å². The minimum atomic E-state index is -0.0327. The highest BCUT2D eigenvalue weighted by Crippen LogP contribution is 2.10. The van der Waals surface area contributed by atoms with E-state index in [-0.39, 0.29) is 11.9 Å². The van der Waals surface area contributed by atoms with Crippen molar-refractivity contribution < 1.29 is 4.79 Å². The van der Waals surface area contributed by atoms with Crippen LogP contribution in [0.4, 0.5) is 0 Å². The van der Waals surface area contributed by atoms with Gasteiger partial charge in [-0.05, 0) is 6.92 Å². The molecule has 0 spiro atoms. The summed E-state index contributed by atoms with van der Waals surface area (Å²) >= 11 is 3.36. The van der Waals surface area contributed by atoms with Crippen molar-refractivity contribution in [3.8, 4) is 0 Å². The average Bonchev–Trinajstić information content (AvgIpc) is 2.84. The Morgan fingerprint density at radius 3 is 3.27 bits per heavy atom. The molecule has 0 bridgehead atoms. The smallest absolute Gasteiger partial charge is 0.238 e. The molecular weight excluding hydrogens is 230 g/mol. The van der Waals surface area contributed by atoms with Crippen LogP contribution in [-0.2, 0) is 11.3 Å². The highest BCUT2D eigenvalue weighted by Gasteiger charge is 2.21. The molecule has 0 radical (unpaired) electrons. The lowest BCUT2D eigenvalue weighted by atomic mass is 10.3. The minimum absolute atomic E-state index is 0.0327. The van der Waals surface area contributed by atoms with E-state index < -0.39 is 0 Å². The fraction of sp³-hybridized carbons (Fsp3) is 0.556. The van der Waals surface area contributed by atoms with Gasteiger partial charge in [-0.2, -0.15) is 0 Å². The van der Waals surface area contributed by atoms with E-state index in [1.807, 2.05) is 12.3 Å². The third kappa shape index (κ3) is 2.93. The second kappa shape index (κ2) is 4.96. The van der Waals surface area contributed by atoms with Gasteiger partial charge in [0.05, 0.1) is 23.3 Å². The third-order valence-corrected chi connectivity index (χ3v) is 3.91. The lowest BCUT2D eigenvalue weighted by molar-refractivity contribution is -0.122. The van der Waals surface area contributed by atoms with Crippen LogP contribution in [0.3, 0.4) is 0 Å². The van der Waals surface area contributed by atoms with Gasteiger partial charge in [0.15, 0.2) is 0 Å². The lowest BCUT2D eigenvalue weighted by Crippen LogP contribution is -2.41. The first kappa shape index (κ1) is 10.9. The van der Waals surface area contributed by atoms with Crippen LogP contribution in [0, 0.1) is 6.92 Å². The molecule has 0 aromatic carbocycles. The van der Waals surface area contributed by atoms with Crippen LogP contribution in [0.15, 0.2) is 5.38 Å². The number of carbonyl (C=O) groups excluding carboxylic acids is 1. The van der Waals surface area contributed by atoms with Crippen molar-refractivity contribution in [1.29, 1.82) is 0 Å². The summed E-state index contributed by atoms with van der Waals surface area (Å²) in [5.74, 6) is 1.81. The van der Waals surface area contributed by atoms with Crippen molar-refractivity contribution in [2.75, 3.05) is 11.6 Å². The van der Waals surface area contributed by atoms with Gasteiger partial charge >= 0.3 is 0 Å². The van der Waals surface area contributed by atoms with Gasteiger partial charge in [0, 0.05) is 17.0 Å². The van der Waals surface area contributed by atoms with E-state index in [0.717, 1.165) is 22.3 Å². The van der Waals surface area contributed by atoms with Crippen molar-refractivity contribution >= 4 is 29.0 Å². The van der Waals surface area contributed by atoms with E-state index in [9.17, 15) is 4.79 Å². The molecule has 1 aromatic rings. The number of carbonyl (C=O) groups is 1. The quantitative estimate of drug-likeness (QED) is 0.822. The predicted octanol–water partition coefficient (Wildman–Crippen LogP) is 0.730. The van der Waals surface area contributed by atoms with Crippen LogP contribution in [0.1, 0.15) is 10.7 Å². The van der Waals surface area contributed by atoms with Gasteiger partial charge in [-0.3, -0.25) is 10.1 Å². The number of nitrogens with one attached hydrogen (secondary N) is 2. The average molecular weight is 243 g/mol. The molecule has 1 aliphatic rings. The van der Waals surface area contributed by atoms with Crippen molar-refractivity contribution in [3.63, 3.8) is 0 Å². The Labute approximate surface area is 96.9 Å². The fourth-order valence-electron chi connectivity index (χ4n) is 1.35. The van der Waals surface area contributed by atoms with Gasteiger partial charge in [0.25, 0.3) is 0 Å². The lowest BCUT2D eigenvalue weighted by Gasteiger charge is -2.08. The summed E-state index contributed by atoms with van der Waals surface area (Å²) in [4.78, 5) is 15.9. The maximum atomic E-state index is 11.6. The van der Waals surface area contributed by atoms with Crippen LogP contribution in [0.2, 0.25) is 0 Å². The number of thioether (sulfide) groups is 1. The summed E-state index contributed by atoms with van der Waals surface area (Å²) in [5.41, 5.74) is 0.941. The number of amides is 1. The van der Waals surface area contributed by atoms with Crippen molar-refractivity contribution in [2.24, 2.45) is 0 Å². The Balaban J connectivity index is 1.80. The Morgan fingerprint density at radius 1 is 1.80 bits per heavy atom. The molecule has 82 valence electrons. The van der Waals surface area contributed by atoms with E-state index >= 15 is 0 Å². The van der Waals surface area contributed by atoms with Crippen LogP contribution < -0.4 is 10.6 Å². The Hall–Kier alpha value is -0.590. The number of thiazole rings is 1. The second-order valence-electron chi connectivity index (χ2n) is 3.35. The molecule has 1 aromatic heterocycles. The minimum Gasteiger partial charge on any atom is -0.349 e. The molecule has 1 fully saturated rings. The summed E-state index contributed by atoms with van der Waals surface area (Å²) in [7, 11) is 0. The van der Waals surface area contributed by atoms with E-state index in [1.54, 1.807) is 23.1 Å². The van der Waals surface area contributed by atoms with Crippen LogP contribution >= 0.6 is 23.1 Å². The summed E-state index contributed by atoms with van der Waals surface area (Å²) in [6.45, 7) is 2.50. The third-order valence-electron chi connectivity index (χ3n) is 2.14. The molecule has 2 rings (SSSR count). The zero-order chi connectivity index (χ0) is 10.7. The van der Waals surface area contributed by atoms with E-state index in [1.165, 1.54) is 0 Å². The highest BCUT2D eigenvalue weighted by molar-refractivity contribution is 7.99. The van der Waals surface area contributed by atoms with Gasteiger partial charge in [-0.25, -0.2) is 4.98 Å². The van der Waals surface area contributed by atoms with Gasteiger partial charge in [0.1, 0.15) is 0 Å². The molecule has 1 atom stereocenters. The first-order valence-electron chi connectivity index (χ1n) is 4.75. The molecule has 15 heavy (non-hydrogen) atoms. The van der Waals surface area contributed by atoms with Crippen molar-refractivity contribution in [2.45, 2.75) is 19.5 Å². The number of nitrogens with zero attached hydrogens (tertiary/aromatic N) is 1. The molecule has 2 N–H and O–H groups in total. The largest absolute Gasteiger partial charge is 0.349 e. The summed E-state index contributed by atoms with van der Waals surface area (Å²) in [6.07, 6.45) is 0. The van der Waals surface area contributed by atoms with Crippen LogP contribution in [-0.4, -0.2) is 28.6 Å². The first-order valence-corrected chi connectivity index (χ1v) is 6.79. The standard InChI is InChI=1S/C9H13N3OS2/c1-6-12-7(3-15-6)2-10-9(13)8-4-14-5-11-8/h3,8,11H,2,4-5H2,1H3,(H,10,13). The topological polar surface area (TPSA) is 54.0 Å².